The van der Waals surface area contributed by atoms with Crippen LogP contribution in [0.4, 0.5) is 0 Å². The number of carbonyl (C=O) groups excluding carboxylic acids is 2. The Bertz CT molecular complexity index is 879. The number of Topliss-reactive ketones (excluding diaryl/α,β-unsaturated/α-hetero) is 1. The van der Waals surface area contributed by atoms with Crippen LogP contribution in [0.1, 0.15) is 67.0 Å². The van der Waals surface area contributed by atoms with E-state index in [0.717, 1.165) is 41.0 Å². The van der Waals surface area contributed by atoms with Gasteiger partial charge in [-0.25, -0.2) is 0 Å². The first-order valence-electron chi connectivity index (χ1n) is 10.1. The number of nitrogens with zero attached hydrogens (tertiary/aromatic N) is 2. The van der Waals surface area contributed by atoms with E-state index in [1.807, 2.05) is 19.1 Å². The van der Waals surface area contributed by atoms with Gasteiger partial charge < -0.3 is 9.88 Å². The highest BCUT2D eigenvalue weighted by molar-refractivity contribution is 6.01. The number of aromatic nitrogens is 2. The van der Waals surface area contributed by atoms with E-state index in [2.05, 4.69) is 42.6 Å². The molecule has 0 radical (unpaired) electrons. The first-order valence-corrected chi connectivity index (χ1v) is 10.1. The van der Waals surface area contributed by atoms with Crippen LogP contribution >= 0.6 is 0 Å². The fourth-order valence-corrected chi connectivity index (χ4v) is 4.16. The largest absolute Gasteiger partial charge is 0.352 e. The Morgan fingerprint density at radius 3 is 2.57 bits per heavy atom. The van der Waals surface area contributed by atoms with Crippen molar-refractivity contribution in [1.82, 2.24) is 14.9 Å². The van der Waals surface area contributed by atoms with Crippen molar-refractivity contribution >= 4 is 11.7 Å². The summed E-state index contributed by atoms with van der Waals surface area (Å²) >= 11 is 0. The molecule has 0 saturated heterocycles. The molecule has 2 aromatic rings. The van der Waals surface area contributed by atoms with Gasteiger partial charge in [0.15, 0.2) is 5.78 Å². The maximum Gasteiger partial charge on any atom is 0.224 e. The second-order valence-corrected chi connectivity index (χ2v) is 9.14. The van der Waals surface area contributed by atoms with Crippen LogP contribution in [-0.4, -0.2) is 21.2 Å². The van der Waals surface area contributed by atoms with E-state index in [9.17, 15) is 9.59 Å². The van der Waals surface area contributed by atoms with Crippen molar-refractivity contribution in [1.29, 1.82) is 0 Å². The topological polar surface area (TPSA) is 64.0 Å². The normalized spacial score (nSPS) is 15.6. The second kappa shape index (κ2) is 7.90. The number of pyridine rings is 1. The van der Waals surface area contributed by atoms with Crippen LogP contribution in [0, 0.1) is 18.3 Å². The SMILES string of the molecule is Cc1c(CC(=O)NCc2ccncc2)c2c(n1CC(C)C)CC(C)(C)CC2=O. The van der Waals surface area contributed by atoms with Crippen molar-refractivity contribution in [2.45, 2.75) is 67.0 Å². The van der Waals surface area contributed by atoms with Gasteiger partial charge in [-0.15, -0.1) is 0 Å². The van der Waals surface area contributed by atoms with Gasteiger partial charge in [0, 0.05) is 48.9 Å². The molecule has 0 aliphatic heterocycles. The summed E-state index contributed by atoms with van der Waals surface area (Å²) in [5.41, 5.74) is 4.86. The summed E-state index contributed by atoms with van der Waals surface area (Å²) in [6.07, 6.45) is 5.09. The van der Waals surface area contributed by atoms with Gasteiger partial charge in [0.2, 0.25) is 5.91 Å². The zero-order valence-corrected chi connectivity index (χ0v) is 17.6. The average Bonchev–Trinajstić information content (AvgIpc) is 2.85. The second-order valence-electron chi connectivity index (χ2n) is 9.14. The lowest BCUT2D eigenvalue weighted by atomic mass is 9.75. The van der Waals surface area contributed by atoms with E-state index in [1.165, 1.54) is 0 Å². The monoisotopic (exact) mass is 381 g/mol. The van der Waals surface area contributed by atoms with Crippen molar-refractivity contribution in [3.63, 3.8) is 0 Å². The van der Waals surface area contributed by atoms with E-state index in [1.54, 1.807) is 12.4 Å². The van der Waals surface area contributed by atoms with Gasteiger partial charge in [-0.1, -0.05) is 27.7 Å². The average molecular weight is 382 g/mol. The highest BCUT2D eigenvalue weighted by Gasteiger charge is 2.37. The molecule has 5 nitrogen and oxygen atoms in total. The molecule has 0 aromatic carbocycles. The Labute approximate surface area is 167 Å². The molecule has 1 N–H and O–H groups in total. The van der Waals surface area contributed by atoms with Crippen molar-refractivity contribution in [2.75, 3.05) is 0 Å². The molecule has 0 bridgehead atoms. The molecule has 0 fully saturated rings. The molecule has 150 valence electrons. The first-order chi connectivity index (χ1) is 13.2. The maximum atomic E-state index is 13.0. The third-order valence-electron chi connectivity index (χ3n) is 5.45. The molecule has 1 aliphatic carbocycles. The molecule has 5 heteroatoms. The summed E-state index contributed by atoms with van der Waals surface area (Å²) in [6, 6.07) is 3.77. The molecule has 2 heterocycles. The number of rotatable bonds is 6. The van der Waals surface area contributed by atoms with Gasteiger partial charge in [-0.05, 0) is 47.9 Å². The van der Waals surface area contributed by atoms with Gasteiger partial charge in [0.25, 0.3) is 0 Å². The minimum atomic E-state index is -0.0537. The molecular weight excluding hydrogens is 350 g/mol. The van der Waals surface area contributed by atoms with Gasteiger partial charge >= 0.3 is 0 Å². The van der Waals surface area contributed by atoms with Crippen LogP contribution in [-0.2, 0) is 30.7 Å². The van der Waals surface area contributed by atoms with E-state index < -0.39 is 0 Å². The number of carbonyl (C=O) groups is 2. The van der Waals surface area contributed by atoms with Crippen LogP contribution in [0.25, 0.3) is 0 Å². The lowest BCUT2D eigenvalue weighted by Crippen LogP contribution is -2.29. The van der Waals surface area contributed by atoms with Gasteiger partial charge in [0.1, 0.15) is 0 Å². The number of amides is 1. The van der Waals surface area contributed by atoms with E-state index >= 15 is 0 Å². The molecule has 0 atom stereocenters. The predicted octanol–water partition coefficient (Wildman–Crippen LogP) is 3.86. The minimum absolute atomic E-state index is 0.0372. The summed E-state index contributed by atoms with van der Waals surface area (Å²) in [7, 11) is 0. The van der Waals surface area contributed by atoms with Gasteiger partial charge in [0.05, 0.1) is 6.42 Å². The highest BCUT2D eigenvalue weighted by atomic mass is 16.1. The smallest absolute Gasteiger partial charge is 0.224 e. The predicted molar refractivity (Wildman–Crippen MR) is 110 cm³/mol. The molecule has 28 heavy (non-hydrogen) atoms. The first kappa shape index (κ1) is 20.3. The summed E-state index contributed by atoms with van der Waals surface area (Å²) < 4.78 is 2.28. The molecule has 1 aliphatic rings. The molecular formula is C23H31N3O2. The Balaban J connectivity index is 1.87. The van der Waals surface area contributed by atoms with E-state index in [-0.39, 0.29) is 23.5 Å². The lowest BCUT2D eigenvalue weighted by Gasteiger charge is -2.30. The fraction of sp³-hybridized carbons (Fsp3) is 0.522. The van der Waals surface area contributed by atoms with Gasteiger partial charge in [-0.3, -0.25) is 14.6 Å². The Morgan fingerprint density at radius 2 is 1.93 bits per heavy atom. The number of hydrogen-bond donors (Lipinski definition) is 1. The molecule has 2 aromatic heterocycles. The number of fused-ring (bicyclic) bond motifs is 1. The third kappa shape index (κ3) is 4.34. The minimum Gasteiger partial charge on any atom is -0.352 e. The van der Waals surface area contributed by atoms with Crippen LogP contribution < -0.4 is 5.32 Å². The Morgan fingerprint density at radius 1 is 1.25 bits per heavy atom. The zero-order chi connectivity index (χ0) is 20.5. The summed E-state index contributed by atoms with van der Waals surface area (Å²) in [4.78, 5) is 29.6. The molecule has 0 spiro atoms. The summed E-state index contributed by atoms with van der Waals surface area (Å²) in [5, 5.41) is 2.98. The van der Waals surface area contributed by atoms with Crippen LogP contribution in [0.15, 0.2) is 24.5 Å². The fourth-order valence-electron chi connectivity index (χ4n) is 4.16. The highest BCUT2D eigenvalue weighted by Crippen LogP contribution is 2.39. The summed E-state index contributed by atoms with van der Waals surface area (Å²) in [5.74, 6) is 0.597. The van der Waals surface area contributed by atoms with Crippen molar-refractivity contribution in [2.24, 2.45) is 11.3 Å². The van der Waals surface area contributed by atoms with E-state index in [0.29, 0.717) is 18.9 Å². The Kier molecular flexibility index (Phi) is 5.73. The molecule has 3 rings (SSSR count). The quantitative estimate of drug-likeness (QED) is 0.826. The Hall–Kier alpha value is -2.43. The standard InChI is InChI=1S/C23H31N3O2/c1-15(2)14-26-16(3)18(22-19(26)11-23(4,5)12-20(22)27)10-21(28)25-13-17-6-8-24-9-7-17/h6-9,15H,10-14H2,1-5H3,(H,25,28). The molecule has 1 amide bonds. The lowest BCUT2D eigenvalue weighted by molar-refractivity contribution is -0.120. The summed E-state index contributed by atoms with van der Waals surface area (Å²) in [6.45, 7) is 12.1. The maximum absolute atomic E-state index is 13.0. The van der Waals surface area contributed by atoms with Crippen LogP contribution in [0.2, 0.25) is 0 Å². The van der Waals surface area contributed by atoms with E-state index in [4.69, 9.17) is 0 Å². The number of hydrogen-bond acceptors (Lipinski definition) is 3. The van der Waals surface area contributed by atoms with Crippen molar-refractivity contribution in [3.8, 4) is 0 Å². The van der Waals surface area contributed by atoms with Crippen LogP contribution in [0.3, 0.4) is 0 Å². The molecule has 0 unspecified atom stereocenters. The van der Waals surface area contributed by atoms with Crippen LogP contribution in [0.5, 0.6) is 0 Å². The zero-order valence-electron chi connectivity index (χ0n) is 17.6. The van der Waals surface area contributed by atoms with Gasteiger partial charge in [-0.2, -0.15) is 0 Å². The number of ketones is 1. The third-order valence-corrected chi connectivity index (χ3v) is 5.45. The van der Waals surface area contributed by atoms with Crippen molar-refractivity contribution in [3.05, 3.63) is 52.6 Å². The molecule has 0 saturated carbocycles. The van der Waals surface area contributed by atoms with Crippen molar-refractivity contribution < 1.29 is 9.59 Å². The number of nitrogens with one attached hydrogen (secondary N) is 1.